The highest BCUT2D eigenvalue weighted by Gasteiger charge is 2.33. The van der Waals surface area contributed by atoms with Crippen molar-refractivity contribution in [3.05, 3.63) is 59.7 Å². The van der Waals surface area contributed by atoms with E-state index in [-0.39, 0.29) is 42.7 Å². The average molecular weight is 479 g/mol. The molecular formula is C28H34N2O5. The molecule has 2 aliphatic carbocycles. The Labute approximate surface area is 206 Å². The van der Waals surface area contributed by atoms with E-state index < -0.39 is 12.1 Å². The van der Waals surface area contributed by atoms with Crippen molar-refractivity contribution in [3.8, 4) is 11.1 Å². The summed E-state index contributed by atoms with van der Waals surface area (Å²) < 4.78 is 5.64. The minimum absolute atomic E-state index is 0.00145. The summed E-state index contributed by atoms with van der Waals surface area (Å²) in [6, 6.07) is 16.0. The Kier molecular flexibility index (Phi) is 8.06. The normalized spacial score (nSPS) is 19.8. The number of carboxylic acids is 1. The van der Waals surface area contributed by atoms with Crippen molar-refractivity contribution in [2.24, 2.45) is 11.8 Å². The second-order valence-electron chi connectivity index (χ2n) is 9.57. The molecule has 0 radical (unpaired) electrons. The maximum atomic E-state index is 12.9. The van der Waals surface area contributed by atoms with Crippen molar-refractivity contribution in [2.75, 3.05) is 13.2 Å². The van der Waals surface area contributed by atoms with Gasteiger partial charge in [-0.05, 0) is 47.4 Å². The minimum atomic E-state index is -0.922. The number of hydrogen-bond donors (Lipinski definition) is 3. The van der Waals surface area contributed by atoms with Crippen LogP contribution in [0.4, 0.5) is 4.79 Å². The maximum absolute atomic E-state index is 12.9. The van der Waals surface area contributed by atoms with Crippen molar-refractivity contribution in [2.45, 2.75) is 57.4 Å². The Morgan fingerprint density at radius 2 is 1.63 bits per heavy atom. The molecule has 35 heavy (non-hydrogen) atoms. The van der Waals surface area contributed by atoms with E-state index in [0.717, 1.165) is 36.8 Å². The van der Waals surface area contributed by atoms with Gasteiger partial charge in [0.05, 0.1) is 6.42 Å². The second-order valence-corrected chi connectivity index (χ2v) is 9.57. The number of ether oxygens (including phenoxy) is 1. The number of carbonyl (C=O) groups is 3. The fraction of sp³-hybridized carbons (Fsp3) is 0.464. The third-order valence-electron chi connectivity index (χ3n) is 7.36. The molecule has 2 aromatic carbocycles. The summed E-state index contributed by atoms with van der Waals surface area (Å²) in [6.07, 6.45) is 3.55. The fourth-order valence-electron chi connectivity index (χ4n) is 5.48. The van der Waals surface area contributed by atoms with Gasteiger partial charge in [0.25, 0.3) is 0 Å². The lowest BCUT2D eigenvalue weighted by molar-refractivity contribution is -0.138. The van der Waals surface area contributed by atoms with E-state index in [1.54, 1.807) is 0 Å². The number of nitrogens with one attached hydrogen (secondary N) is 2. The number of alkyl carbamates (subject to hydrolysis) is 1. The summed E-state index contributed by atoms with van der Waals surface area (Å²) in [5, 5.41) is 14.8. The highest BCUT2D eigenvalue weighted by atomic mass is 16.5. The summed E-state index contributed by atoms with van der Waals surface area (Å²) in [6.45, 7) is 2.48. The van der Waals surface area contributed by atoms with E-state index in [2.05, 4.69) is 34.9 Å². The monoisotopic (exact) mass is 478 g/mol. The molecule has 4 rings (SSSR count). The highest BCUT2D eigenvalue weighted by Crippen LogP contribution is 2.44. The molecule has 3 atom stereocenters. The Morgan fingerprint density at radius 3 is 2.26 bits per heavy atom. The smallest absolute Gasteiger partial charge is 0.407 e. The van der Waals surface area contributed by atoms with Gasteiger partial charge in [-0.15, -0.1) is 0 Å². The van der Waals surface area contributed by atoms with Crippen molar-refractivity contribution in [1.82, 2.24) is 10.6 Å². The summed E-state index contributed by atoms with van der Waals surface area (Å²) in [5.41, 5.74) is 4.69. The SMILES string of the molecule is CCC(CC(=O)O)NC(=O)[C@H]1CCCC[C@H]1CNC(=O)OCC1c2ccccc2-c2ccccc21. The quantitative estimate of drug-likeness (QED) is 0.485. The largest absolute Gasteiger partial charge is 0.481 e. The topological polar surface area (TPSA) is 105 Å². The summed E-state index contributed by atoms with van der Waals surface area (Å²) in [4.78, 5) is 36.5. The highest BCUT2D eigenvalue weighted by molar-refractivity contribution is 5.81. The lowest BCUT2D eigenvalue weighted by atomic mass is 9.78. The molecule has 1 unspecified atom stereocenters. The van der Waals surface area contributed by atoms with Crippen molar-refractivity contribution in [1.29, 1.82) is 0 Å². The van der Waals surface area contributed by atoms with E-state index in [1.807, 2.05) is 31.2 Å². The first-order valence-corrected chi connectivity index (χ1v) is 12.6. The Morgan fingerprint density at radius 1 is 1.00 bits per heavy atom. The van der Waals surface area contributed by atoms with E-state index in [4.69, 9.17) is 9.84 Å². The van der Waals surface area contributed by atoms with Gasteiger partial charge in [0, 0.05) is 24.4 Å². The zero-order valence-electron chi connectivity index (χ0n) is 20.2. The number of aliphatic carboxylic acids is 1. The van der Waals surface area contributed by atoms with Crippen LogP contribution in [0.3, 0.4) is 0 Å². The van der Waals surface area contributed by atoms with Crippen molar-refractivity contribution < 1.29 is 24.2 Å². The average Bonchev–Trinajstić information content (AvgIpc) is 3.19. The first-order chi connectivity index (χ1) is 17.0. The van der Waals surface area contributed by atoms with Crippen LogP contribution in [0.1, 0.15) is 62.5 Å². The van der Waals surface area contributed by atoms with Crippen LogP contribution in [0.5, 0.6) is 0 Å². The summed E-state index contributed by atoms with van der Waals surface area (Å²) in [5.74, 6) is -1.26. The first kappa shape index (κ1) is 24.8. The lowest BCUT2D eigenvalue weighted by Crippen LogP contribution is -2.45. The van der Waals surface area contributed by atoms with Gasteiger partial charge in [-0.3, -0.25) is 9.59 Å². The van der Waals surface area contributed by atoms with Crippen LogP contribution in [-0.4, -0.2) is 42.3 Å². The second kappa shape index (κ2) is 11.4. The molecule has 1 saturated carbocycles. The van der Waals surface area contributed by atoms with Gasteiger partial charge in [-0.1, -0.05) is 68.3 Å². The molecule has 3 N–H and O–H groups in total. The van der Waals surface area contributed by atoms with Gasteiger partial charge in [-0.2, -0.15) is 0 Å². The summed E-state index contributed by atoms with van der Waals surface area (Å²) >= 11 is 0. The maximum Gasteiger partial charge on any atom is 0.407 e. The predicted molar refractivity (Wildman–Crippen MR) is 133 cm³/mol. The molecule has 0 spiro atoms. The van der Waals surface area contributed by atoms with Crippen LogP contribution in [0.2, 0.25) is 0 Å². The molecule has 1 fully saturated rings. The van der Waals surface area contributed by atoms with Gasteiger partial charge in [0.15, 0.2) is 0 Å². The number of carbonyl (C=O) groups excluding carboxylic acids is 2. The zero-order valence-corrected chi connectivity index (χ0v) is 20.2. The molecule has 7 nitrogen and oxygen atoms in total. The Balaban J connectivity index is 1.31. The Hall–Kier alpha value is -3.35. The van der Waals surface area contributed by atoms with Crippen LogP contribution < -0.4 is 10.6 Å². The fourth-order valence-corrected chi connectivity index (χ4v) is 5.48. The number of benzene rings is 2. The number of carboxylic acid groups (broad SMARTS) is 1. The van der Waals surface area contributed by atoms with Gasteiger partial charge >= 0.3 is 12.1 Å². The predicted octanol–water partition coefficient (Wildman–Crippen LogP) is 4.70. The molecule has 0 heterocycles. The molecule has 186 valence electrons. The molecular weight excluding hydrogens is 444 g/mol. The zero-order chi connectivity index (χ0) is 24.8. The number of hydrogen-bond acceptors (Lipinski definition) is 4. The van der Waals surface area contributed by atoms with Crippen molar-refractivity contribution in [3.63, 3.8) is 0 Å². The molecule has 2 aromatic rings. The van der Waals surface area contributed by atoms with Gasteiger partial charge < -0.3 is 20.5 Å². The van der Waals surface area contributed by atoms with E-state index in [0.29, 0.717) is 13.0 Å². The standard InChI is InChI=1S/C28H34N2O5/c1-2-19(15-26(31)32)30-27(33)20-10-4-3-9-18(20)16-29-28(34)35-17-25-23-13-7-5-11-21(23)22-12-6-8-14-24(22)25/h5-8,11-14,18-20,25H,2-4,9-10,15-17H2,1H3,(H,29,34)(H,30,33)(H,31,32)/t18-,19?,20-/m0/s1. The lowest BCUT2D eigenvalue weighted by Gasteiger charge is -2.31. The van der Waals surface area contributed by atoms with Crippen molar-refractivity contribution >= 4 is 18.0 Å². The third-order valence-corrected chi connectivity index (χ3v) is 7.36. The van der Waals surface area contributed by atoms with E-state index >= 15 is 0 Å². The van der Waals surface area contributed by atoms with Crippen LogP contribution in [0.15, 0.2) is 48.5 Å². The van der Waals surface area contributed by atoms with E-state index in [9.17, 15) is 14.4 Å². The summed E-state index contributed by atoms with van der Waals surface area (Å²) in [7, 11) is 0. The van der Waals surface area contributed by atoms with Gasteiger partial charge in [0.2, 0.25) is 5.91 Å². The number of rotatable bonds is 9. The van der Waals surface area contributed by atoms with Crippen LogP contribution in [0.25, 0.3) is 11.1 Å². The minimum Gasteiger partial charge on any atom is -0.481 e. The molecule has 2 amide bonds. The van der Waals surface area contributed by atoms with E-state index in [1.165, 1.54) is 11.1 Å². The molecule has 0 aliphatic heterocycles. The van der Waals surface area contributed by atoms with Crippen LogP contribution in [0, 0.1) is 11.8 Å². The molecule has 0 saturated heterocycles. The molecule has 2 aliphatic rings. The molecule has 7 heteroatoms. The Bertz CT molecular complexity index is 1020. The van der Waals surface area contributed by atoms with Gasteiger partial charge in [-0.25, -0.2) is 4.79 Å². The van der Waals surface area contributed by atoms with Gasteiger partial charge in [0.1, 0.15) is 6.61 Å². The number of fused-ring (bicyclic) bond motifs is 3. The molecule has 0 aromatic heterocycles. The number of amides is 2. The van der Waals surface area contributed by atoms with Crippen LogP contribution in [-0.2, 0) is 14.3 Å². The molecule has 0 bridgehead atoms. The third kappa shape index (κ3) is 5.84. The van der Waals surface area contributed by atoms with Crippen LogP contribution >= 0.6 is 0 Å². The first-order valence-electron chi connectivity index (χ1n) is 12.6.